The summed E-state index contributed by atoms with van der Waals surface area (Å²) in [5.74, 6) is -0.757. The van der Waals surface area contributed by atoms with Crippen LogP contribution in [0.2, 0.25) is 6.82 Å². The molecule has 1 amide bonds. The molecule has 22 heavy (non-hydrogen) atoms. The number of halogens is 1. The molecule has 8 heteroatoms. The molecule has 0 spiro atoms. The Labute approximate surface area is 144 Å². The standard InChI is InChI=1S/C14H20BIN2O4/c1-10(17-15(2)21)14(20)18(9-13(19)22-3)8-11-4-6-12(16)7-5-11/h4-7,10,17,21H,8-9H2,1-3H3. The number of rotatable bonds is 7. The number of esters is 1. The Hall–Kier alpha value is -1.13. The second-order valence-electron chi connectivity index (χ2n) is 4.96. The molecule has 1 aromatic carbocycles. The highest BCUT2D eigenvalue weighted by atomic mass is 127. The second kappa shape index (κ2) is 9.11. The zero-order valence-corrected chi connectivity index (χ0v) is 15.0. The molecule has 0 bridgehead atoms. The molecule has 0 aromatic heterocycles. The molecule has 1 rings (SSSR count). The number of carbonyl (C=O) groups excluding carboxylic acids is 2. The van der Waals surface area contributed by atoms with Crippen LogP contribution in [0.3, 0.4) is 0 Å². The average molecular weight is 418 g/mol. The van der Waals surface area contributed by atoms with E-state index in [0.29, 0.717) is 6.54 Å². The highest BCUT2D eigenvalue weighted by Crippen LogP contribution is 2.10. The zero-order valence-electron chi connectivity index (χ0n) is 12.9. The van der Waals surface area contributed by atoms with E-state index >= 15 is 0 Å². The highest BCUT2D eigenvalue weighted by molar-refractivity contribution is 14.1. The van der Waals surface area contributed by atoms with Gasteiger partial charge in [0, 0.05) is 10.1 Å². The lowest BCUT2D eigenvalue weighted by Gasteiger charge is -2.25. The summed E-state index contributed by atoms with van der Waals surface area (Å²) < 4.78 is 5.74. The summed E-state index contributed by atoms with van der Waals surface area (Å²) in [6, 6.07) is 7.09. The van der Waals surface area contributed by atoms with Crippen molar-refractivity contribution < 1.29 is 19.3 Å². The van der Waals surface area contributed by atoms with Gasteiger partial charge in [-0.25, -0.2) is 0 Å². The van der Waals surface area contributed by atoms with Crippen molar-refractivity contribution in [1.82, 2.24) is 10.1 Å². The van der Waals surface area contributed by atoms with E-state index in [1.165, 1.54) is 18.8 Å². The van der Waals surface area contributed by atoms with Gasteiger partial charge in [0.15, 0.2) is 0 Å². The van der Waals surface area contributed by atoms with Gasteiger partial charge in [-0.05, 0) is 54.0 Å². The summed E-state index contributed by atoms with van der Waals surface area (Å²) in [6.45, 7) is 3.35. The topological polar surface area (TPSA) is 78.9 Å². The maximum absolute atomic E-state index is 12.4. The molecule has 0 aliphatic rings. The lowest BCUT2D eigenvalue weighted by molar-refractivity contribution is -0.147. The summed E-state index contributed by atoms with van der Waals surface area (Å²) in [7, 11) is 0.477. The Balaban J connectivity index is 2.84. The lowest BCUT2D eigenvalue weighted by Crippen LogP contribution is -2.50. The Morgan fingerprint density at radius 1 is 1.41 bits per heavy atom. The average Bonchev–Trinajstić information content (AvgIpc) is 2.47. The number of nitrogens with zero attached hydrogens (tertiary/aromatic N) is 1. The Morgan fingerprint density at radius 3 is 2.50 bits per heavy atom. The van der Waals surface area contributed by atoms with E-state index < -0.39 is 19.1 Å². The van der Waals surface area contributed by atoms with Gasteiger partial charge in [-0.3, -0.25) is 9.59 Å². The van der Waals surface area contributed by atoms with E-state index in [9.17, 15) is 14.6 Å². The minimum atomic E-state index is -0.808. The lowest BCUT2D eigenvalue weighted by atomic mass is 9.87. The number of methoxy groups -OCH3 is 1. The molecule has 0 radical (unpaired) electrons. The smallest absolute Gasteiger partial charge is 0.374 e. The van der Waals surface area contributed by atoms with Gasteiger partial charge in [-0.2, -0.15) is 0 Å². The number of amides is 1. The minimum Gasteiger partial charge on any atom is -0.468 e. The van der Waals surface area contributed by atoms with E-state index in [1.54, 1.807) is 6.92 Å². The number of benzene rings is 1. The molecule has 1 unspecified atom stereocenters. The monoisotopic (exact) mass is 418 g/mol. The molecule has 0 saturated heterocycles. The molecule has 0 fully saturated rings. The number of hydrogen-bond acceptors (Lipinski definition) is 5. The van der Waals surface area contributed by atoms with Crippen LogP contribution in [-0.2, 0) is 20.9 Å². The first kappa shape index (κ1) is 18.9. The fourth-order valence-electron chi connectivity index (χ4n) is 1.95. The third kappa shape index (κ3) is 6.33. The first-order valence-electron chi connectivity index (χ1n) is 6.87. The van der Waals surface area contributed by atoms with E-state index in [1.807, 2.05) is 24.3 Å². The van der Waals surface area contributed by atoms with Crippen LogP contribution in [0.1, 0.15) is 12.5 Å². The van der Waals surface area contributed by atoms with Crippen LogP contribution in [0.15, 0.2) is 24.3 Å². The van der Waals surface area contributed by atoms with Gasteiger partial charge in [0.25, 0.3) is 0 Å². The van der Waals surface area contributed by atoms with E-state index in [2.05, 4.69) is 32.6 Å². The number of hydrogen-bond donors (Lipinski definition) is 2. The van der Waals surface area contributed by atoms with Crippen molar-refractivity contribution in [2.75, 3.05) is 13.7 Å². The molecule has 1 aromatic rings. The summed E-state index contributed by atoms with van der Waals surface area (Å²) >= 11 is 2.20. The van der Waals surface area contributed by atoms with Gasteiger partial charge in [-0.15, -0.1) is 0 Å². The maximum atomic E-state index is 12.4. The predicted molar refractivity (Wildman–Crippen MR) is 93.0 cm³/mol. The molecular formula is C14H20BIN2O4. The van der Waals surface area contributed by atoms with E-state index in [-0.39, 0.29) is 12.5 Å². The fourth-order valence-corrected chi connectivity index (χ4v) is 2.31. The van der Waals surface area contributed by atoms with Crippen LogP contribution in [0.25, 0.3) is 0 Å². The maximum Gasteiger partial charge on any atom is 0.374 e. The normalized spacial score (nSPS) is 11.7. The van der Waals surface area contributed by atoms with Gasteiger partial charge in [0.1, 0.15) is 6.54 Å². The van der Waals surface area contributed by atoms with Gasteiger partial charge in [0.2, 0.25) is 5.91 Å². The number of ether oxygens (including phenoxy) is 1. The van der Waals surface area contributed by atoms with Crippen LogP contribution in [0, 0.1) is 3.57 Å². The molecule has 2 N–H and O–H groups in total. The molecular weight excluding hydrogens is 398 g/mol. The van der Waals surface area contributed by atoms with Crippen LogP contribution < -0.4 is 5.23 Å². The summed E-state index contributed by atoms with van der Waals surface area (Å²) in [5.41, 5.74) is 0.918. The van der Waals surface area contributed by atoms with E-state index in [0.717, 1.165) is 9.13 Å². The summed E-state index contributed by atoms with van der Waals surface area (Å²) in [4.78, 5) is 25.4. The van der Waals surface area contributed by atoms with Crippen LogP contribution >= 0.6 is 22.6 Å². The molecule has 1 atom stereocenters. The molecule has 0 aliphatic carbocycles. The van der Waals surface area contributed by atoms with Gasteiger partial charge in [0.05, 0.1) is 13.2 Å². The van der Waals surface area contributed by atoms with Crippen LogP contribution in [0.5, 0.6) is 0 Å². The first-order chi connectivity index (χ1) is 10.3. The number of carbonyl (C=O) groups is 2. The molecule has 0 saturated carbocycles. The quantitative estimate of drug-likeness (QED) is 0.391. The SMILES string of the molecule is COC(=O)CN(Cc1ccc(I)cc1)C(=O)C(C)NB(C)O. The summed E-state index contributed by atoms with van der Waals surface area (Å²) in [5, 5.41) is 12.0. The van der Waals surface area contributed by atoms with Crippen molar-refractivity contribution >= 4 is 41.5 Å². The van der Waals surface area contributed by atoms with Crippen molar-refractivity contribution in [3.63, 3.8) is 0 Å². The van der Waals surface area contributed by atoms with Gasteiger partial charge >= 0.3 is 13.0 Å². The molecule has 120 valence electrons. The van der Waals surface area contributed by atoms with Crippen molar-refractivity contribution in [3.8, 4) is 0 Å². The first-order valence-corrected chi connectivity index (χ1v) is 7.95. The Bertz CT molecular complexity index is 510. The third-order valence-corrected chi connectivity index (χ3v) is 3.73. The molecule has 6 nitrogen and oxygen atoms in total. The second-order valence-corrected chi connectivity index (χ2v) is 6.21. The largest absolute Gasteiger partial charge is 0.468 e. The number of nitrogens with one attached hydrogen (secondary N) is 1. The van der Waals surface area contributed by atoms with Crippen molar-refractivity contribution in [2.24, 2.45) is 0 Å². The van der Waals surface area contributed by atoms with E-state index in [4.69, 9.17) is 0 Å². The van der Waals surface area contributed by atoms with Crippen molar-refractivity contribution in [2.45, 2.75) is 26.3 Å². The van der Waals surface area contributed by atoms with Gasteiger partial charge < -0.3 is 19.9 Å². The van der Waals surface area contributed by atoms with Gasteiger partial charge in [-0.1, -0.05) is 12.1 Å². The minimum absolute atomic E-state index is 0.132. The third-order valence-electron chi connectivity index (χ3n) is 3.01. The zero-order chi connectivity index (χ0) is 16.7. The van der Waals surface area contributed by atoms with Crippen LogP contribution in [0.4, 0.5) is 0 Å². The molecule has 0 heterocycles. The Kier molecular flexibility index (Phi) is 7.84. The summed E-state index contributed by atoms with van der Waals surface area (Å²) in [6.07, 6.45) is 0. The Morgan fingerprint density at radius 2 is 2.00 bits per heavy atom. The van der Waals surface area contributed by atoms with Crippen LogP contribution in [-0.4, -0.2) is 48.5 Å². The van der Waals surface area contributed by atoms with Crippen molar-refractivity contribution in [3.05, 3.63) is 33.4 Å². The fraction of sp³-hybridized carbons (Fsp3) is 0.429. The van der Waals surface area contributed by atoms with Crippen molar-refractivity contribution in [1.29, 1.82) is 0 Å². The predicted octanol–water partition coefficient (Wildman–Crippen LogP) is 0.881. The highest BCUT2D eigenvalue weighted by Gasteiger charge is 2.24. The molecule has 0 aliphatic heterocycles.